The number of nitro groups is 1. The average molecular weight is 274 g/mol. The van der Waals surface area contributed by atoms with E-state index in [9.17, 15) is 14.5 Å². The summed E-state index contributed by atoms with van der Waals surface area (Å²) in [5.74, 6) is -0.444. The molecule has 104 valence electrons. The Morgan fingerprint density at radius 2 is 1.85 bits per heavy atom. The molecule has 0 aliphatic carbocycles. The van der Waals surface area contributed by atoms with Gasteiger partial charge in [-0.3, -0.25) is 10.1 Å². The molecule has 20 heavy (non-hydrogen) atoms. The lowest BCUT2D eigenvalue weighted by atomic mass is 10.0. The molecule has 2 aromatic carbocycles. The number of halogens is 1. The number of hydrogen-bond donors (Lipinski definition) is 1. The average Bonchev–Trinajstić information content (AvgIpc) is 2.40. The first-order valence-electron chi connectivity index (χ1n) is 6.26. The standard InChI is InChI=1S/C15H15FN2O2/c1-11-6-2-5-9-14(11)17-15(10-18(19)20)12-7-3-4-8-13(12)16/h2-9,15,17H,10H2,1H3. The van der Waals surface area contributed by atoms with Crippen molar-refractivity contribution in [3.8, 4) is 0 Å². The van der Waals surface area contributed by atoms with Crippen LogP contribution < -0.4 is 5.32 Å². The van der Waals surface area contributed by atoms with E-state index in [-0.39, 0.29) is 6.54 Å². The largest absolute Gasteiger partial charge is 0.372 e. The quantitative estimate of drug-likeness (QED) is 0.670. The van der Waals surface area contributed by atoms with Crippen molar-refractivity contribution >= 4 is 5.69 Å². The SMILES string of the molecule is Cc1ccccc1NC(C[N+](=O)[O-])c1ccccc1F. The molecule has 5 heteroatoms. The van der Waals surface area contributed by atoms with E-state index in [1.807, 2.05) is 31.2 Å². The lowest BCUT2D eigenvalue weighted by molar-refractivity contribution is -0.482. The van der Waals surface area contributed by atoms with Crippen LogP contribution in [0.4, 0.5) is 10.1 Å². The van der Waals surface area contributed by atoms with Crippen molar-refractivity contribution < 1.29 is 9.31 Å². The molecular weight excluding hydrogens is 259 g/mol. The number of para-hydroxylation sites is 1. The second-order valence-corrected chi connectivity index (χ2v) is 4.55. The molecule has 0 radical (unpaired) electrons. The second kappa shape index (κ2) is 6.14. The van der Waals surface area contributed by atoms with Crippen LogP contribution in [0, 0.1) is 22.9 Å². The Balaban J connectivity index is 2.32. The third-order valence-electron chi connectivity index (χ3n) is 3.09. The zero-order chi connectivity index (χ0) is 14.5. The van der Waals surface area contributed by atoms with Gasteiger partial charge in [-0.05, 0) is 24.6 Å². The van der Waals surface area contributed by atoms with E-state index in [0.717, 1.165) is 11.3 Å². The number of rotatable bonds is 5. The van der Waals surface area contributed by atoms with Gasteiger partial charge in [0.25, 0.3) is 0 Å². The Kier molecular flexibility index (Phi) is 4.30. The van der Waals surface area contributed by atoms with Crippen LogP contribution in [-0.2, 0) is 0 Å². The van der Waals surface area contributed by atoms with Gasteiger partial charge in [0.1, 0.15) is 11.9 Å². The minimum atomic E-state index is -0.702. The van der Waals surface area contributed by atoms with E-state index < -0.39 is 16.8 Å². The van der Waals surface area contributed by atoms with Crippen molar-refractivity contribution in [1.82, 2.24) is 0 Å². The van der Waals surface area contributed by atoms with E-state index in [2.05, 4.69) is 5.32 Å². The van der Waals surface area contributed by atoms with Gasteiger partial charge in [-0.25, -0.2) is 4.39 Å². The molecule has 0 fully saturated rings. The number of nitrogens with zero attached hydrogens (tertiary/aromatic N) is 1. The first kappa shape index (κ1) is 14.0. The highest BCUT2D eigenvalue weighted by Crippen LogP contribution is 2.24. The fraction of sp³-hybridized carbons (Fsp3) is 0.200. The zero-order valence-corrected chi connectivity index (χ0v) is 11.0. The molecule has 0 heterocycles. The predicted octanol–water partition coefficient (Wildman–Crippen LogP) is 3.56. The van der Waals surface area contributed by atoms with Crippen LogP contribution in [0.15, 0.2) is 48.5 Å². The number of nitrogens with one attached hydrogen (secondary N) is 1. The Bertz CT molecular complexity index is 616. The van der Waals surface area contributed by atoms with Gasteiger partial charge in [0.15, 0.2) is 0 Å². The maximum atomic E-state index is 13.8. The van der Waals surface area contributed by atoms with Crippen LogP contribution in [0.3, 0.4) is 0 Å². The van der Waals surface area contributed by atoms with Crippen LogP contribution in [0.2, 0.25) is 0 Å². The summed E-state index contributed by atoms with van der Waals surface area (Å²) in [7, 11) is 0. The Hall–Kier alpha value is -2.43. The van der Waals surface area contributed by atoms with Crippen molar-refractivity contribution in [2.75, 3.05) is 11.9 Å². The normalized spacial score (nSPS) is 11.9. The van der Waals surface area contributed by atoms with Crippen molar-refractivity contribution in [1.29, 1.82) is 0 Å². The molecular formula is C15H15FN2O2. The molecule has 1 unspecified atom stereocenters. The van der Waals surface area contributed by atoms with Crippen molar-refractivity contribution in [3.63, 3.8) is 0 Å². The minimum Gasteiger partial charge on any atom is -0.372 e. The summed E-state index contributed by atoms with van der Waals surface area (Å²) < 4.78 is 13.8. The van der Waals surface area contributed by atoms with Gasteiger partial charge in [0.05, 0.1) is 0 Å². The molecule has 2 rings (SSSR count). The summed E-state index contributed by atoms with van der Waals surface area (Å²) in [5.41, 5.74) is 2.02. The topological polar surface area (TPSA) is 55.2 Å². The molecule has 0 aliphatic rings. The number of anilines is 1. The highest BCUT2D eigenvalue weighted by Gasteiger charge is 2.21. The van der Waals surface area contributed by atoms with Crippen LogP contribution in [0.25, 0.3) is 0 Å². The molecule has 0 saturated carbocycles. The highest BCUT2D eigenvalue weighted by molar-refractivity contribution is 5.52. The van der Waals surface area contributed by atoms with E-state index in [1.165, 1.54) is 6.07 Å². The third kappa shape index (κ3) is 3.32. The first-order chi connectivity index (χ1) is 9.58. The fourth-order valence-electron chi connectivity index (χ4n) is 2.05. The summed E-state index contributed by atoms with van der Waals surface area (Å²) >= 11 is 0. The molecule has 0 saturated heterocycles. The Morgan fingerprint density at radius 3 is 2.50 bits per heavy atom. The number of benzene rings is 2. The highest BCUT2D eigenvalue weighted by atomic mass is 19.1. The van der Waals surface area contributed by atoms with Gasteiger partial charge >= 0.3 is 0 Å². The van der Waals surface area contributed by atoms with Crippen LogP contribution in [-0.4, -0.2) is 11.5 Å². The van der Waals surface area contributed by atoms with E-state index in [0.29, 0.717) is 5.56 Å². The van der Waals surface area contributed by atoms with Crippen LogP contribution in [0.5, 0.6) is 0 Å². The van der Waals surface area contributed by atoms with E-state index >= 15 is 0 Å². The Labute approximate surface area is 116 Å². The summed E-state index contributed by atoms with van der Waals surface area (Å²) in [6.07, 6.45) is 0. The number of aryl methyl sites for hydroxylation is 1. The molecule has 0 aliphatic heterocycles. The van der Waals surface area contributed by atoms with Crippen molar-refractivity contribution in [2.24, 2.45) is 0 Å². The van der Waals surface area contributed by atoms with Gasteiger partial charge in [0, 0.05) is 16.2 Å². The van der Waals surface area contributed by atoms with Gasteiger partial charge in [-0.1, -0.05) is 36.4 Å². The predicted molar refractivity (Wildman–Crippen MR) is 75.8 cm³/mol. The lowest BCUT2D eigenvalue weighted by Gasteiger charge is -2.18. The second-order valence-electron chi connectivity index (χ2n) is 4.55. The molecule has 1 N–H and O–H groups in total. The van der Waals surface area contributed by atoms with Gasteiger partial charge in [0.2, 0.25) is 6.54 Å². The van der Waals surface area contributed by atoms with Gasteiger partial charge in [-0.2, -0.15) is 0 Å². The summed E-state index contributed by atoms with van der Waals surface area (Å²) in [5, 5.41) is 13.9. The number of hydrogen-bond acceptors (Lipinski definition) is 3. The lowest BCUT2D eigenvalue weighted by Crippen LogP contribution is -2.21. The maximum absolute atomic E-state index is 13.8. The summed E-state index contributed by atoms with van der Waals surface area (Å²) in [6.45, 7) is 1.52. The monoisotopic (exact) mass is 274 g/mol. The first-order valence-corrected chi connectivity index (χ1v) is 6.26. The summed E-state index contributed by atoms with van der Waals surface area (Å²) in [4.78, 5) is 10.4. The molecule has 0 spiro atoms. The molecule has 0 bridgehead atoms. The van der Waals surface area contributed by atoms with E-state index in [1.54, 1.807) is 18.2 Å². The molecule has 0 amide bonds. The van der Waals surface area contributed by atoms with Crippen LogP contribution >= 0.6 is 0 Å². The minimum absolute atomic E-state index is 0.299. The fourth-order valence-corrected chi connectivity index (χ4v) is 2.05. The molecule has 1 atom stereocenters. The maximum Gasteiger partial charge on any atom is 0.228 e. The molecule has 4 nitrogen and oxygen atoms in total. The third-order valence-corrected chi connectivity index (χ3v) is 3.09. The molecule has 0 aromatic heterocycles. The summed E-state index contributed by atoms with van der Waals surface area (Å²) in [6, 6.07) is 12.8. The van der Waals surface area contributed by atoms with E-state index in [4.69, 9.17) is 0 Å². The van der Waals surface area contributed by atoms with Gasteiger partial charge in [-0.15, -0.1) is 0 Å². The van der Waals surface area contributed by atoms with Gasteiger partial charge < -0.3 is 5.32 Å². The zero-order valence-electron chi connectivity index (χ0n) is 11.0. The smallest absolute Gasteiger partial charge is 0.228 e. The van der Waals surface area contributed by atoms with Crippen LogP contribution in [0.1, 0.15) is 17.2 Å². The van der Waals surface area contributed by atoms with Crippen molar-refractivity contribution in [2.45, 2.75) is 13.0 Å². The Morgan fingerprint density at radius 1 is 1.20 bits per heavy atom. The molecule has 2 aromatic rings. The van der Waals surface area contributed by atoms with Crippen molar-refractivity contribution in [3.05, 3.63) is 75.6 Å².